The van der Waals surface area contributed by atoms with Crippen LogP contribution in [-0.4, -0.2) is 51.7 Å². The van der Waals surface area contributed by atoms with Crippen molar-refractivity contribution in [3.8, 4) is 0 Å². The molecule has 2 atom stereocenters. The smallest absolute Gasteiger partial charge is 0.329 e. The van der Waals surface area contributed by atoms with Crippen LogP contribution in [-0.2, 0) is 30.5 Å². The summed E-state index contributed by atoms with van der Waals surface area (Å²) in [6, 6.07) is 1.14. The first-order chi connectivity index (χ1) is 19.5. The molecule has 1 aromatic rings. The fourth-order valence-electron chi connectivity index (χ4n) is 3.79. The molecule has 0 saturated carbocycles. The highest BCUT2D eigenvalue weighted by atomic mass is 32.2. The van der Waals surface area contributed by atoms with Gasteiger partial charge in [-0.05, 0) is 43.9 Å². The van der Waals surface area contributed by atoms with Crippen molar-refractivity contribution < 1.29 is 33.1 Å². The van der Waals surface area contributed by atoms with E-state index in [0.717, 1.165) is 31.4 Å². The van der Waals surface area contributed by atoms with Crippen LogP contribution in [0.2, 0.25) is 0 Å². The van der Waals surface area contributed by atoms with E-state index in [1.807, 2.05) is 0 Å². The van der Waals surface area contributed by atoms with Gasteiger partial charge in [-0.25, -0.2) is 14.2 Å². The van der Waals surface area contributed by atoms with Crippen LogP contribution < -0.4 is 16.0 Å². The molecule has 3 amide bonds. The van der Waals surface area contributed by atoms with Crippen LogP contribution in [0.4, 0.5) is 4.39 Å². The van der Waals surface area contributed by atoms with Crippen molar-refractivity contribution in [1.29, 1.82) is 0 Å². The molecular weight excluding hydrogens is 551 g/mol. The molecule has 0 saturated heterocycles. The highest BCUT2D eigenvalue weighted by Crippen LogP contribution is 2.14. The highest BCUT2D eigenvalue weighted by molar-refractivity contribution is 8.13. The molecule has 41 heavy (non-hydrogen) atoms. The van der Waals surface area contributed by atoms with Crippen molar-refractivity contribution in [2.45, 2.75) is 84.9 Å². The summed E-state index contributed by atoms with van der Waals surface area (Å²) < 4.78 is 20.0. The van der Waals surface area contributed by atoms with Gasteiger partial charge in [0.1, 0.15) is 29.4 Å². The average Bonchev–Trinajstić information content (AvgIpc) is 2.92. The molecule has 0 unspecified atom stereocenters. The van der Waals surface area contributed by atoms with Gasteiger partial charge in [-0.15, -0.1) is 0 Å². The minimum atomic E-state index is -1.08. The van der Waals surface area contributed by atoms with E-state index < -0.39 is 41.7 Å². The lowest BCUT2D eigenvalue weighted by Crippen LogP contribution is -2.48. The monoisotopic (exact) mass is 590 g/mol. The third-order valence-electron chi connectivity index (χ3n) is 6.13. The van der Waals surface area contributed by atoms with Crippen LogP contribution in [0.1, 0.15) is 82.4 Å². The first kappa shape index (κ1) is 33.7. The number of hydrogen-bond acceptors (Lipinski definition) is 8. The number of unbranched alkanes of at least 4 members (excludes halogenated alkanes) is 2. The van der Waals surface area contributed by atoms with Crippen molar-refractivity contribution in [3.05, 3.63) is 53.3 Å². The number of carbonyl (C=O) groups excluding carboxylic acids is 5. The summed E-state index contributed by atoms with van der Waals surface area (Å²) in [7, 11) is 0. The number of rotatable bonds is 9. The van der Waals surface area contributed by atoms with Gasteiger partial charge < -0.3 is 20.7 Å². The predicted molar refractivity (Wildman–Crippen MR) is 154 cm³/mol. The Morgan fingerprint density at radius 3 is 2.63 bits per heavy atom. The van der Waals surface area contributed by atoms with Crippen molar-refractivity contribution in [2.24, 2.45) is 5.92 Å². The minimum absolute atomic E-state index is 0.125. The summed E-state index contributed by atoms with van der Waals surface area (Å²) in [6.07, 6.45) is 7.37. The second kappa shape index (κ2) is 17.3. The number of nitrogens with zero attached hydrogens (tertiary/aromatic N) is 1. The highest BCUT2D eigenvalue weighted by Gasteiger charge is 2.30. The van der Waals surface area contributed by atoms with E-state index in [0.29, 0.717) is 18.6 Å². The Labute approximate surface area is 244 Å². The second-order valence-corrected chi connectivity index (χ2v) is 11.0. The quantitative estimate of drug-likeness (QED) is 0.171. The van der Waals surface area contributed by atoms with Gasteiger partial charge in [0.05, 0.1) is 18.7 Å². The van der Waals surface area contributed by atoms with Crippen LogP contribution >= 0.6 is 11.8 Å². The van der Waals surface area contributed by atoms with E-state index in [2.05, 4.69) is 27.9 Å². The lowest BCUT2D eigenvalue weighted by molar-refractivity contribution is -0.153. The van der Waals surface area contributed by atoms with E-state index in [9.17, 15) is 28.4 Å². The van der Waals surface area contributed by atoms with Gasteiger partial charge in [-0.2, -0.15) is 0 Å². The Kier molecular flexibility index (Phi) is 14.2. The van der Waals surface area contributed by atoms with Crippen LogP contribution in [0.15, 0.2) is 36.1 Å². The summed E-state index contributed by atoms with van der Waals surface area (Å²) >= 11 is 1.24. The topological polar surface area (TPSA) is 144 Å². The van der Waals surface area contributed by atoms with Crippen molar-refractivity contribution in [1.82, 2.24) is 20.9 Å². The van der Waals surface area contributed by atoms with Gasteiger partial charge in [0.25, 0.3) is 11.8 Å². The molecule has 12 heteroatoms. The predicted octanol–water partition coefficient (Wildman–Crippen LogP) is 3.71. The van der Waals surface area contributed by atoms with Gasteiger partial charge in [0.2, 0.25) is 5.91 Å². The van der Waals surface area contributed by atoms with E-state index in [1.54, 1.807) is 26.0 Å². The lowest BCUT2D eigenvalue weighted by Gasteiger charge is -2.24. The maximum absolute atomic E-state index is 14.4. The molecule has 0 radical (unpaired) electrons. The van der Waals surface area contributed by atoms with Gasteiger partial charge in [0, 0.05) is 12.2 Å². The number of fused-ring (bicyclic) bond motifs is 2. The Hall–Kier alpha value is -3.54. The second-order valence-electron chi connectivity index (χ2n) is 9.83. The van der Waals surface area contributed by atoms with E-state index in [-0.39, 0.29) is 41.1 Å². The summed E-state index contributed by atoms with van der Waals surface area (Å²) in [5.41, 5.74) is -0.453. The van der Waals surface area contributed by atoms with E-state index in [4.69, 9.17) is 4.74 Å². The Balaban J connectivity index is 2.25. The van der Waals surface area contributed by atoms with Gasteiger partial charge in [-0.3, -0.25) is 19.2 Å². The largest absolute Gasteiger partial charge is 0.456 e. The SMILES string of the molecule is C/C=C1\NC(=O)c2ccc(F)c(n2)CNC(=O)C[C@@H](/C=C/CCSC(=O)CCCCC)OC(=O)[C@H](C(C)C)NC1=O. The number of thioether (sulfide) groups is 1. The van der Waals surface area contributed by atoms with Crippen molar-refractivity contribution in [3.63, 3.8) is 0 Å². The lowest BCUT2D eigenvalue weighted by atomic mass is 10.0. The van der Waals surface area contributed by atoms with E-state index in [1.165, 1.54) is 24.8 Å². The summed E-state index contributed by atoms with van der Waals surface area (Å²) in [4.78, 5) is 67.5. The standard InChI is InChI=1S/C29H39FN4O6S/c1-5-7-8-12-25(36)41-15-10-9-11-19-16-24(35)31-17-23-20(30)13-14-22(32-23)28(38)33-21(6-2)27(37)34-26(18(3)4)29(39)40-19/h6,9,11,13-14,18-19,26H,5,7-8,10,12,15-17H2,1-4H3,(H,31,35)(H,33,38)(H,34,37)/b11-9+,21-6-/t19-,26+/m1/s1. The molecule has 1 aliphatic rings. The maximum Gasteiger partial charge on any atom is 0.329 e. The summed E-state index contributed by atoms with van der Waals surface area (Å²) in [6.45, 7) is 6.74. The number of nitrogens with one attached hydrogen (secondary N) is 3. The maximum atomic E-state index is 14.4. The number of halogens is 1. The number of aromatic nitrogens is 1. The third-order valence-corrected chi connectivity index (χ3v) is 7.10. The fraction of sp³-hybridized carbons (Fsp3) is 0.517. The molecular formula is C29H39FN4O6S. The molecule has 2 heterocycles. The van der Waals surface area contributed by atoms with Crippen molar-refractivity contribution in [2.75, 3.05) is 5.75 Å². The molecule has 0 fully saturated rings. The average molecular weight is 591 g/mol. The zero-order chi connectivity index (χ0) is 30.4. The number of esters is 1. The fourth-order valence-corrected chi connectivity index (χ4v) is 4.56. The number of cyclic esters (lactones) is 1. The molecule has 224 valence electrons. The molecule has 0 aliphatic carbocycles. The Bertz CT molecular complexity index is 1170. The van der Waals surface area contributed by atoms with Crippen LogP contribution in [0.5, 0.6) is 0 Å². The molecule has 0 aromatic carbocycles. The first-order valence-electron chi connectivity index (χ1n) is 13.8. The molecule has 10 nitrogen and oxygen atoms in total. The first-order valence-corrected chi connectivity index (χ1v) is 14.8. The number of ether oxygens (including phenoxy) is 1. The number of hydrogen-bond donors (Lipinski definition) is 3. The number of allylic oxidation sites excluding steroid dienone is 2. The molecule has 3 N–H and O–H groups in total. The van der Waals surface area contributed by atoms with E-state index >= 15 is 0 Å². The third kappa shape index (κ3) is 11.5. The molecule has 1 aromatic heterocycles. The Morgan fingerprint density at radius 2 is 1.95 bits per heavy atom. The van der Waals surface area contributed by atoms with Crippen LogP contribution in [0.25, 0.3) is 0 Å². The minimum Gasteiger partial charge on any atom is -0.456 e. The van der Waals surface area contributed by atoms with Crippen LogP contribution in [0, 0.1) is 11.7 Å². The summed E-state index contributed by atoms with van der Waals surface area (Å²) in [5, 5.41) is 7.69. The molecule has 2 rings (SSSR count). The molecule has 1 aliphatic heterocycles. The van der Waals surface area contributed by atoms with Crippen LogP contribution in [0.3, 0.4) is 0 Å². The molecule has 0 spiro atoms. The number of carbonyl (C=O) groups is 5. The number of amides is 3. The number of pyridine rings is 1. The zero-order valence-corrected chi connectivity index (χ0v) is 24.8. The van der Waals surface area contributed by atoms with Gasteiger partial charge in [-0.1, -0.05) is 57.5 Å². The van der Waals surface area contributed by atoms with Crippen molar-refractivity contribution >= 4 is 40.6 Å². The zero-order valence-electron chi connectivity index (χ0n) is 24.0. The Morgan fingerprint density at radius 1 is 1.20 bits per heavy atom. The van der Waals surface area contributed by atoms with Gasteiger partial charge in [0.15, 0.2) is 5.12 Å². The normalized spacial score (nSPS) is 20.1. The summed E-state index contributed by atoms with van der Waals surface area (Å²) in [5.74, 6) is -3.36. The molecule has 2 bridgehead atoms. The van der Waals surface area contributed by atoms with Gasteiger partial charge >= 0.3 is 5.97 Å².